The normalized spacial score (nSPS) is 17.6. The highest BCUT2D eigenvalue weighted by atomic mass is 16.5. The Kier molecular flexibility index (Phi) is 7.54. The van der Waals surface area contributed by atoms with Crippen molar-refractivity contribution in [2.75, 3.05) is 26.9 Å². The highest BCUT2D eigenvalue weighted by Crippen LogP contribution is 2.31. The van der Waals surface area contributed by atoms with Gasteiger partial charge in [0.2, 0.25) is 0 Å². The minimum atomic E-state index is 0.361. The summed E-state index contributed by atoms with van der Waals surface area (Å²) >= 11 is 0. The lowest BCUT2D eigenvalue weighted by molar-refractivity contribution is 0.110. The molecular weight excluding hydrogens is 278 g/mol. The molecule has 0 aliphatic carbocycles. The van der Waals surface area contributed by atoms with E-state index in [1.165, 1.54) is 19.3 Å². The number of unbranched alkanes of at least 4 members (excludes halogenated alkanes) is 2. The highest BCUT2D eigenvalue weighted by Gasteiger charge is 2.15. The smallest absolute Gasteiger partial charge is 0.165 e. The Morgan fingerprint density at radius 1 is 1.32 bits per heavy atom. The van der Waals surface area contributed by atoms with Crippen molar-refractivity contribution in [3.63, 3.8) is 0 Å². The maximum Gasteiger partial charge on any atom is 0.165 e. The molecule has 1 aliphatic rings. The summed E-state index contributed by atoms with van der Waals surface area (Å²) in [6, 6.07) is 6.07. The number of methoxy groups -OCH3 is 1. The van der Waals surface area contributed by atoms with Gasteiger partial charge in [0.15, 0.2) is 11.5 Å². The van der Waals surface area contributed by atoms with Crippen LogP contribution in [0.25, 0.3) is 0 Å². The standard InChI is InChI=1S/C18H29NO3/c1-3-4-5-11-22-18-15(8-6-10-17(18)20-2)13-19-14-16-9-7-12-21-16/h6,8,10,16,19H,3-5,7,9,11-14H2,1-2H3. The molecule has 0 bridgehead atoms. The van der Waals surface area contributed by atoms with Gasteiger partial charge in [0.05, 0.1) is 19.8 Å². The Hall–Kier alpha value is -1.26. The molecule has 22 heavy (non-hydrogen) atoms. The van der Waals surface area contributed by atoms with Crippen LogP contribution in [0.5, 0.6) is 11.5 Å². The van der Waals surface area contributed by atoms with Crippen LogP contribution in [0.4, 0.5) is 0 Å². The number of para-hydroxylation sites is 1. The van der Waals surface area contributed by atoms with E-state index in [1.807, 2.05) is 12.1 Å². The minimum absolute atomic E-state index is 0.361. The van der Waals surface area contributed by atoms with Gasteiger partial charge in [-0.15, -0.1) is 0 Å². The summed E-state index contributed by atoms with van der Waals surface area (Å²) < 4.78 is 17.1. The van der Waals surface area contributed by atoms with Crippen LogP contribution >= 0.6 is 0 Å². The molecule has 2 rings (SSSR count). The molecule has 1 fully saturated rings. The van der Waals surface area contributed by atoms with Crippen LogP contribution in [-0.2, 0) is 11.3 Å². The van der Waals surface area contributed by atoms with Crippen molar-refractivity contribution in [2.24, 2.45) is 0 Å². The van der Waals surface area contributed by atoms with E-state index >= 15 is 0 Å². The molecule has 1 N–H and O–H groups in total. The zero-order chi connectivity index (χ0) is 15.6. The molecule has 1 saturated heterocycles. The highest BCUT2D eigenvalue weighted by molar-refractivity contribution is 5.46. The van der Waals surface area contributed by atoms with E-state index in [0.717, 1.165) is 56.2 Å². The Morgan fingerprint density at radius 3 is 2.95 bits per heavy atom. The number of hydrogen-bond acceptors (Lipinski definition) is 4. The Labute approximate surface area is 134 Å². The fraction of sp³-hybridized carbons (Fsp3) is 0.667. The molecule has 1 aromatic rings. The lowest BCUT2D eigenvalue weighted by Crippen LogP contribution is -2.26. The first-order chi connectivity index (χ1) is 10.8. The third kappa shape index (κ3) is 5.18. The number of rotatable bonds is 10. The van der Waals surface area contributed by atoms with E-state index in [4.69, 9.17) is 14.2 Å². The monoisotopic (exact) mass is 307 g/mol. The third-order valence-electron chi connectivity index (χ3n) is 3.99. The number of ether oxygens (including phenoxy) is 3. The number of benzene rings is 1. The summed E-state index contributed by atoms with van der Waals surface area (Å²) in [6.07, 6.45) is 6.17. The lowest BCUT2D eigenvalue weighted by atomic mass is 10.1. The maximum absolute atomic E-state index is 5.99. The van der Waals surface area contributed by atoms with Crippen LogP contribution < -0.4 is 14.8 Å². The summed E-state index contributed by atoms with van der Waals surface area (Å²) in [7, 11) is 1.69. The van der Waals surface area contributed by atoms with Crippen molar-refractivity contribution in [1.29, 1.82) is 0 Å². The molecule has 1 atom stereocenters. The molecule has 0 spiro atoms. The van der Waals surface area contributed by atoms with E-state index in [-0.39, 0.29) is 0 Å². The molecule has 1 aliphatic heterocycles. The predicted octanol–water partition coefficient (Wildman–Crippen LogP) is 3.53. The average molecular weight is 307 g/mol. The summed E-state index contributed by atoms with van der Waals surface area (Å²) in [5.41, 5.74) is 1.15. The second-order valence-corrected chi connectivity index (χ2v) is 5.77. The first-order valence-corrected chi connectivity index (χ1v) is 8.46. The van der Waals surface area contributed by atoms with Gasteiger partial charge in [-0.05, 0) is 25.3 Å². The van der Waals surface area contributed by atoms with Crippen LogP contribution in [0, 0.1) is 0 Å². The molecule has 1 unspecified atom stereocenters. The minimum Gasteiger partial charge on any atom is -0.493 e. The van der Waals surface area contributed by atoms with Crippen LogP contribution in [0.15, 0.2) is 18.2 Å². The molecule has 0 amide bonds. The fourth-order valence-corrected chi connectivity index (χ4v) is 2.72. The van der Waals surface area contributed by atoms with Gasteiger partial charge in [0, 0.05) is 25.3 Å². The maximum atomic E-state index is 5.99. The first kappa shape index (κ1) is 17.1. The number of hydrogen-bond donors (Lipinski definition) is 1. The molecule has 1 heterocycles. The SMILES string of the molecule is CCCCCOc1c(CNCC2CCCO2)cccc1OC. The zero-order valence-electron chi connectivity index (χ0n) is 13.9. The lowest BCUT2D eigenvalue weighted by Gasteiger charge is -2.16. The predicted molar refractivity (Wildman–Crippen MR) is 88.7 cm³/mol. The van der Waals surface area contributed by atoms with Crippen molar-refractivity contribution in [3.8, 4) is 11.5 Å². The Bertz CT molecular complexity index is 430. The molecule has 4 nitrogen and oxygen atoms in total. The van der Waals surface area contributed by atoms with Gasteiger partial charge in [-0.1, -0.05) is 31.9 Å². The van der Waals surface area contributed by atoms with E-state index < -0.39 is 0 Å². The second kappa shape index (κ2) is 9.70. The van der Waals surface area contributed by atoms with Gasteiger partial charge >= 0.3 is 0 Å². The van der Waals surface area contributed by atoms with E-state index in [1.54, 1.807) is 7.11 Å². The van der Waals surface area contributed by atoms with E-state index in [9.17, 15) is 0 Å². The molecule has 124 valence electrons. The summed E-state index contributed by atoms with van der Waals surface area (Å²) in [5, 5.41) is 3.48. The van der Waals surface area contributed by atoms with Crippen molar-refractivity contribution in [3.05, 3.63) is 23.8 Å². The molecule has 1 aromatic carbocycles. The zero-order valence-corrected chi connectivity index (χ0v) is 13.9. The molecular formula is C18H29NO3. The van der Waals surface area contributed by atoms with Crippen molar-refractivity contribution < 1.29 is 14.2 Å². The molecule has 4 heteroatoms. The van der Waals surface area contributed by atoms with Crippen LogP contribution in [0.3, 0.4) is 0 Å². The number of nitrogens with one attached hydrogen (secondary N) is 1. The van der Waals surface area contributed by atoms with Crippen LogP contribution in [0.1, 0.15) is 44.6 Å². The summed E-state index contributed by atoms with van der Waals surface area (Å²) in [5.74, 6) is 1.69. The molecule has 0 radical (unpaired) electrons. The topological polar surface area (TPSA) is 39.7 Å². The van der Waals surface area contributed by atoms with E-state index in [0.29, 0.717) is 6.10 Å². The molecule has 0 saturated carbocycles. The quantitative estimate of drug-likeness (QED) is 0.671. The van der Waals surface area contributed by atoms with Crippen LogP contribution in [-0.4, -0.2) is 33.0 Å². The van der Waals surface area contributed by atoms with Crippen LogP contribution in [0.2, 0.25) is 0 Å². The fourth-order valence-electron chi connectivity index (χ4n) is 2.72. The van der Waals surface area contributed by atoms with Gasteiger partial charge in [-0.25, -0.2) is 0 Å². The van der Waals surface area contributed by atoms with Gasteiger partial charge in [-0.3, -0.25) is 0 Å². The van der Waals surface area contributed by atoms with Crippen molar-refractivity contribution >= 4 is 0 Å². The van der Waals surface area contributed by atoms with E-state index in [2.05, 4.69) is 18.3 Å². The average Bonchev–Trinajstić information content (AvgIpc) is 3.05. The van der Waals surface area contributed by atoms with Gasteiger partial charge in [-0.2, -0.15) is 0 Å². The second-order valence-electron chi connectivity index (χ2n) is 5.77. The largest absolute Gasteiger partial charge is 0.493 e. The van der Waals surface area contributed by atoms with Crippen molar-refractivity contribution in [2.45, 2.75) is 51.7 Å². The van der Waals surface area contributed by atoms with Gasteiger partial charge in [0.25, 0.3) is 0 Å². The Morgan fingerprint density at radius 2 is 2.23 bits per heavy atom. The summed E-state index contributed by atoms with van der Waals surface area (Å²) in [6.45, 7) is 5.51. The third-order valence-corrected chi connectivity index (χ3v) is 3.99. The van der Waals surface area contributed by atoms with Gasteiger partial charge in [0.1, 0.15) is 0 Å². The van der Waals surface area contributed by atoms with Gasteiger partial charge < -0.3 is 19.5 Å². The van der Waals surface area contributed by atoms with Crippen molar-refractivity contribution in [1.82, 2.24) is 5.32 Å². The summed E-state index contributed by atoms with van der Waals surface area (Å²) in [4.78, 5) is 0. The first-order valence-electron chi connectivity index (χ1n) is 8.46. The molecule has 0 aromatic heterocycles. The Balaban J connectivity index is 1.89.